The molecule has 0 unspecified atom stereocenters. The maximum Gasteiger partial charge on any atom is 0.225 e. The minimum Gasteiger partial charge on any atom is -0.204 e. The molecule has 0 radical (unpaired) electrons. The Morgan fingerprint density at radius 1 is 0.684 bits per heavy atom. The summed E-state index contributed by atoms with van der Waals surface area (Å²) >= 11 is 0. The molecule has 0 bridgehead atoms. The van der Waals surface area contributed by atoms with Crippen molar-refractivity contribution in [2.24, 2.45) is 17.3 Å². The third kappa shape index (κ3) is 4.09. The molecule has 0 heterocycles. The predicted molar refractivity (Wildman–Crippen MR) is 123 cm³/mol. The van der Waals surface area contributed by atoms with E-state index in [2.05, 4.69) is 19.7 Å². The Morgan fingerprint density at radius 2 is 1.11 bits per heavy atom. The minimum atomic E-state index is -2.53. The summed E-state index contributed by atoms with van der Waals surface area (Å²) in [5.41, 5.74) is -3.38. The van der Waals surface area contributed by atoms with Crippen molar-refractivity contribution in [3.05, 3.63) is 95.1 Å². The molecule has 0 nitrogen and oxygen atoms in total. The van der Waals surface area contributed by atoms with Gasteiger partial charge in [-0.1, -0.05) is 43.1 Å². The fourth-order valence-electron chi connectivity index (χ4n) is 6.51. The highest BCUT2D eigenvalue weighted by Crippen LogP contribution is 2.59. The van der Waals surface area contributed by atoms with E-state index in [-0.39, 0.29) is 6.42 Å². The van der Waals surface area contributed by atoms with Crippen molar-refractivity contribution in [1.29, 1.82) is 0 Å². The minimum absolute atomic E-state index is 0.0919. The van der Waals surface area contributed by atoms with Gasteiger partial charge in [0.05, 0.1) is 0 Å². The van der Waals surface area contributed by atoms with E-state index < -0.39 is 99.4 Å². The molecule has 38 heavy (non-hydrogen) atoms. The van der Waals surface area contributed by atoms with E-state index in [4.69, 9.17) is 0 Å². The van der Waals surface area contributed by atoms with Gasteiger partial charge >= 0.3 is 0 Å². The van der Waals surface area contributed by atoms with Crippen molar-refractivity contribution >= 4 is 17.6 Å². The molecule has 0 aliphatic heterocycles. The molecule has 0 aromatic heterocycles. The summed E-state index contributed by atoms with van der Waals surface area (Å²) in [6, 6.07) is 0. The molecule has 0 amide bonds. The quantitative estimate of drug-likeness (QED) is 0.123. The van der Waals surface area contributed by atoms with Gasteiger partial charge in [0, 0.05) is 10.9 Å². The van der Waals surface area contributed by atoms with Crippen LogP contribution >= 0.6 is 0 Å². The molecule has 2 saturated carbocycles. The van der Waals surface area contributed by atoms with Gasteiger partial charge in [-0.05, 0) is 42.9 Å². The van der Waals surface area contributed by atoms with Crippen molar-refractivity contribution in [2.45, 2.75) is 38.4 Å². The van der Waals surface area contributed by atoms with Crippen LogP contribution in [0.2, 0.25) is 6.32 Å². The van der Waals surface area contributed by atoms with E-state index in [0.717, 1.165) is 0 Å². The maximum absolute atomic E-state index is 15.1. The average molecular weight is 546 g/mol. The Kier molecular flexibility index (Phi) is 7.35. The third-order valence-corrected chi connectivity index (χ3v) is 8.04. The first kappa shape index (κ1) is 28.0. The molecule has 0 saturated heterocycles. The highest BCUT2D eigenvalue weighted by molar-refractivity contribution is 6.85. The van der Waals surface area contributed by atoms with Crippen LogP contribution in [0.4, 0.5) is 43.9 Å². The molecule has 3 atom stereocenters. The predicted octanol–water partition coefficient (Wildman–Crippen LogP) is 7.18. The van der Waals surface area contributed by atoms with Gasteiger partial charge in [-0.25, -0.2) is 43.9 Å². The molecular weight excluding hydrogens is 525 g/mol. The zero-order chi connectivity index (χ0) is 28.3. The molecule has 2 aliphatic rings. The van der Waals surface area contributed by atoms with Gasteiger partial charge in [-0.3, -0.25) is 0 Å². The van der Waals surface area contributed by atoms with Gasteiger partial charge < -0.3 is 0 Å². The lowest BCUT2D eigenvalue weighted by molar-refractivity contribution is 0.0774. The van der Waals surface area contributed by atoms with E-state index in [0.29, 0.717) is 36.8 Å². The monoisotopic (exact) mass is 546 g/mol. The summed E-state index contributed by atoms with van der Waals surface area (Å²) in [5.74, 6) is -25.4. The molecule has 2 aromatic rings. The Bertz CT molecular complexity index is 1240. The van der Waals surface area contributed by atoms with E-state index in [1.807, 2.05) is 0 Å². The van der Waals surface area contributed by atoms with Crippen molar-refractivity contribution in [3.8, 4) is 0 Å². The van der Waals surface area contributed by atoms with Crippen LogP contribution in [-0.4, -0.2) is 6.71 Å². The number of halogens is 10. The van der Waals surface area contributed by atoms with Crippen LogP contribution in [0.1, 0.15) is 32.1 Å². The summed E-state index contributed by atoms with van der Waals surface area (Å²) in [4.78, 5) is 0. The highest BCUT2D eigenvalue weighted by Gasteiger charge is 2.53. The van der Waals surface area contributed by atoms with Crippen LogP contribution < -0.4 is 10.9 Å². The highest BCUT2D eigenvalue weighted by atomic mass is 19.2. The lowest BCUT2D eigenvalue weighted by Gasteiger charge is -2.54. The van der Waals surface area contributed by atoms with Crippen molar-refractivity contribution in [1.82, 2.24) is 0 Å². The third-order valence-electron chi connectivity index (χ3n) is 8.04. The molecule has 4 rings (SSSR count). The van der Waals surface area contributed by atoms with Gasteiger partial charge in [-0.2, -0.15) is 0 Å². The fraction of sp³-hybridized carbons (Fsp3) is 0.333. The summed E-state index contributed by atoms with van der Waals surface area (Å²) in [7, 11) is 0. The van der Waals surface area contributed by atoms with E-state index in [9.17, 15) is 26.3 Å². The number of hydrogen-bond donors (Lipinski definition) is 0. The second kappa shape index (κ2) is 9.96. The Morgan fingerprint density at radius 3 is 1.53 bits per heavy atom. The first-order chi connectivity index (χ1) is 17.8. The summed E-state index contributed by atoms with van der Waals surface area (Å²) in [6.45, 7) is 9.30. The second-order valence-corrected chi connectivity index (χ2v) is 10.0. The lowest BCUT2D eigenvalue weighted by Crippen LogP contribution is -2.56. The van der Waals surface area contributed by atoms with Crippen molar-refractivity contribution < 1.29 is 43.9 Å². The normalized spacial score (nSPS) is 23.4. The standard InChI is InChI=1S/C27H21BF10/c1-4-13-6-5-7-14-12(3)8-11(2)9-27(13,14)10-28(15-17(29)21(33)25(37)22(34)18(15)30)16-19(31)23(35)26(38)24(36)20(16)32/h4,13-14H,1-3,5-10H2/t13-,14+,27+/m1/s1. The van der Waals surface area contributed by atoms with Crippen LogP contribution in [0.3, 0.4) is 0 Å². The first-order valence-corrected chi connectivity index (χ1v) is 11.8. The number of fused-ring (bicyclic) bond motifs is 1. The van der Waals surface area contributed by atoms with Gasteiger partial charge in [0.25, 0.3) is 0 Å². The van der Waals surface area contributed by atoms with Crippen molar-refractivity contribution in [2.75, 3.05) is 0 Å². The Hall–Kier alpha value is -2.98. The van der Waals surface area contributed by atoms with E-state index >= 15 is 17.6 Å². The topological polar surface area (TPSA) is 0 Å². The van der Waals surface area contributed by atoms with Gasteiger partial charge in [-0.15, -0.1) is 6.58 Å². The van der Waals surface area contributed by atoms with Gasteiger partial charge in [0.2, 0.25) is 6.71 Å². The average Bonchev–Trinajstić information content (AvgIpc) is 2.88. The smallest absolute Gasteiger partial charge is 0.204 e. The zero-order valence-electron chi connectivity index (χ0n) is 20.0. The van der Waals surface area contributed by atoms with E-state index in [1.54, 1.807) is 0 Å². The molecular formula is C27H21BF10. The second-order valence-electron chi connectivity index (χ2n) is 10.0. The van der Waals surface area contributed by atoms with Gasteiger partial charge in [0.15, 0.2) is 58.2 Å². The van der Waals surface area contributed by atoms with Crippen LogP contribution in [0.25, 0.3) is 0 Å². The summed E-state index contributed by atoms with van der Waals surface area (Å²) in [5, 5.41) is 0. The summed E-state index contributed by atoms with van der Waals surface area (Å²) < 4.78 is 145. The van der Waals surface area contributed by atoms with Crippen LogP contribution in [0.15, 0.2) is 37.0 Å². The molecule has 2 aliphatic carbocycles. The molecule has 0 N–H and O–H groups in total. The lowest BCUT2D eigenvalue weighted by atomic mass is 9.31. The number of rotatable bonds is 5. The molecule has 11 heteroatoms. The first-order valence-electron chi connectivity index (χ1n) is 11.8. The molecule has 2 aromatic carbocycles. The van der Waals surface area contributed by atoms with Crippen molar-refractivity contribution in [3.63, 3.8) is 0 Å². The Labute approximate surface area is 212 Å². The fourth-order valence-corrected chi connectivity index (χ4v) is 6.51. The maximum atomic E-state index is 15.1. The van der Waals surface area contributed by atoms with Crippen LogP contribution in [0.5, 0.6) is 0 Å². The molecule has 202 valence electrons. The Balaban J connectivity index is 2.09. The number of hydrogen-bond acceptors (Lipinski definition) is 0. The van der Waals surface area contributed by atoms with E-state index in [1.165, 1.54) is 6.08 Å². The number of allylic oxidation sites excluding steroid dienone is 3. The summed E-state index contributed by atoms with van der Waals surface area (Å²) in [6.07, 6.45) is 2.79. The zero-order valence-corrected chi connectivity index (χ0v) is 20.0. The molecule has 2 fully saturated rings. The SMILES string of the molecule is C=C[C@@H]1CCC[C@H]2C(=C)CC(=C)C[C@]12CB(c1c(F)c(F)c(F)c(F)c1F)c1c(F)c(F)c(F)c(F)c1F. The molecule has 0 spiro atoms. The van der Waals surface area contributed by atoms with Crippen LogP contribution in [0, 0.1) is 75.4 Å². The van der Waals surface area contributed by atoms with Gasteiger partial charge in [0.1, 0.15) is 0 Å². The largest absolute Gasteiger partial charge is 0.225 e. The van der Waals surface area contributed by atoms with Crippen LogP contribution in [-0.2, 0) is 0 Å². The number of benzene rings is 2.